The molecule has 0 bridgehead atoms. The van der Waals surface area contributed by atoms with Crippen molar-refractivity contribution in [3.63, 3.8) is 0 Å². The summed E-state index contributed by atoms with van der Waals surface area (Å²) >= 11 is 0. The van der Waals surface area contributed by atoms with Gasteiger partial charge in [-0.3, -0.25) is 4.98 Å². The van der Waals surface area contributed by atoms with E-state index in [0.29, 0.717) is 11.4 Å². The zero-order valence-electron chi connectivity index (χ0n) is 14.4. The Morgan fingerprint density at radius 3 is 2.19 bits per heavy atom. The summed E-state index contributed by atoms with van der Waals surface area (Å²) in [6, 6.07) is 15.3. The molecule has 0 fully saturated rings. The highest BCUT2D eigenvalue weighted by Gasteiger charge is 2.14. The molecule has 0 aliphatic rings. The molecular weight excluding hydrogens is 346 g/mol. The molecule has 2 aromatic heterocycles. The number of rotatable bonds is 3. The lowest BCUT2D eigenvalue weighted by molar-refractivity contribution is 0.714. The van der Waals surface area contributed by atoms with Gasteiger partial charge in [0.15, 0.2) is 0 Å². The molecule has 8 nitrogen and oxygen atoms in total. The van der Waals surface area contributed by atoms with Gasteiger partial charge < -0.3 is 0 Å². The van der Waals surface area contributed by atoms with Crippen molar-refractivity contribution >= 4 is 0 Å². The van der Waals surface area contributed by atoms with Crippen molar-refractivity contribution in [1.82, 2.24) is 23.9 Å². The van der Waals surface area contributed by atoms with Gasteiger partial charge >= 0.3 is 17.1 Å². The molecule has 4 rings (SSSR count). The van der Waals surface area contributed by atoms with Crippen LogP contribution in [0.25, 0.3) is 17.1 Å². The predicted molar refractivity (Wildman–Crippen MR) is 100 cm³/mol. The molecule has 8 heteroatoms. The number of hydrogen-bond donors (Lipinski definition) is 1. The quantitative estimate of drug-likeness (QED) is 0.593. The largest absolute Gasteiger partial charge is 0.345 e. The van der Waals surface area contributed by atoms with E-state index >= 15 is 0 Å². The molecule has 0 aliphatic heterocycles. The van der Waals surface area contributed by atoms with Crippen molar-refractivity contribution in [1.29, 1.82) is 0 Å². The van der Waals surface area contributed by atoms with Crippen LogP contribution in [0.3, 0.4) is 0 Å². The molecule has 0 amide bonds. The number of nitrogens with zero attached hydrogens (tertiary/aromatic N) is 4. The van der Waals surface area contributed by atoms with Crippen LogP contribution in [0.1, 0.15) is 5.56 Å². The van der Waals surface area contributed by atoms with Gasteiger partial charge in [-0.05, 0) is 48.9 Å². The number of para-hydroxylation sites is 1. The maximum absolute atomic E-state index is 12.9. The molecule has 2 heterocycles. The molecule has 0 atom stereocenters. The van der Waals surface area contributed by atoms with Gasteiger partial charge in [0.05, 0.1) is 17.1 Å². The van der Waals surface area contributed by atoms with Crippen LogP contribution in [-0.4, -0.2) is 23.9 Å². The molecule has 4 aromatic rings. The Morgan fingerprint density at radius 2 is 1.56 bits per heavy atom. The average Bonchev–Trinajstić information content (AvgIpc) is 3.17. The first-order chi connectivity index (χ1) is 13.1. The van der Waals surface area contributed by atoms with Gasteiger partial charge in [-0.1, -0.05) is 18.2 Å². The SMILES string of the molecule is Cc1cc(-n2c(=O)[nH]c(=O)n(-c3ccccc3)c2=O)ccc1-n1cccn1. The smallest absolute Gasteiger partial charge is 0.258 e. The molecule has 0 unspecified atom stereocenters. The summed E-state index contributed by atoms with van der Waals surface area (Å²) in [7, 11) is 0. The Balaban J connectivity index is 1.93. The van der Waals surface area contributed by atoms with E-state index in [1.165, 1.54) is 0 Å². The second kappa shape index (κ2) is 6.41. The van der Waals surface area contributed by atoms with Crippen LogP contribution in [0.5, 0.6) is 0 Å². The summed E-state index contributed by atoms with van der Waals surface area (Å²) in [6.45, 7) is 1.85. The third-order valence-corrected chi connectivity index (χ3v) is 4.21. The Hall–Kier alpha value is -3.94. The second-order valence-corrected chi connectivity index (χ2v) is 5.95. The fraction of sp³-hybridized carbons (Fsp3) is 0.0526. The third kappa shape index (κ3) is 2.82. The van der Waals surface area contributed by atoms with Gasteiger partial charge in [-0.2, -0.15) is 5.10 Å². The molecule has 1 N–H and O–H groups in total. The first-order valence-electron chi connectivity index (χ1n) is 8.21. The predicted octanol–water partition coefficient (Wildman–Crippen LogP) is 1.17. The summed E-state index contributed by atoms with van der Waals surface area (Å²) in [5.74, 6) is 0. The van der Waals surface area contributed by atoms with Crippen LogP contribution in [0.15, 0.2) is 81.4 Å². The van der Waals surface area contributed by atoms with Crippen LogP contribution in [0.2, 0.25) is 0 Å². The first kappa shape index (κ1) is 16.5. The summed E-state index contributed by atoms with van der Waals surface area (Å²) in [5.41, 5.74) is 0.0771. The minimum atomic E-state index is -0.788. The van der Waals surface area contributed by atoms with Crippen LogP contribution in [0, 0.1) is 6.92 Å². The zero-order valence-corrected chi connectivity index (χ0v) is 14.4. The van der Waals surface area contributed by atoms with Crippen LogP contribution >= 0.6 is 0 Å². The molecule has 27 heavy (non-hydrogen) atoms. The highest BCUT2D eigenvalue weighted by Crippen LogP contribution is 2.16. The number of aryl methyl sites for hydroxylation is 1. The van der Waals surface area contributed by atoms with E-state index in [0.717, 1.165) is 20.4 Å². The van der Waals surface area contributed by atoms with Crippen LogP contribution < -0.4 is 17.1 Å². The van der Waals surface area contributed by atoms with E-state index in [2.05, 4.69) is 10.1 Å². The van der Waals surface area contributed by atoms with Crippen molar-refractivity contribution in [2.24, 2.45) is 0 Å². The van der Waals surface area contributed by atoms with Gasteiger partial charge in [0.2, 0.25) is 0 Å². The lowest BCUT2D eigenvalue weighted by Gasteiger charge is -2.11. The summed E-state index contributed by atoms with van der Waals surface area (Å²) < 4.78 is 3.56. The monoisotopic (exact) mass is 361 g/mol. The first-order valence-corrected chi connectivity index (χ1v) is 8.21. The molecule has 0 radical (unpaired) electrons. The fourth-order valence-corrected chi connectivity index (χ4v) is 2.96. The van der Waals surface area contributed by atoms with E-state index in [9.17, 15) is 14.4 Å². The number of aromatic amines is 1. The molecule has 0 spiro atoms. The third-order valence-electron chi connectivity index (χ3n) is 4.21. The minimum Gasteiger partial charge on any atom is -0.258 e. The Labute approximate surface area is 152 Å². The van der Waals surface area contributed by atoms with Crippen molar-refractivity contribution < 1.29 is 0 Å². The molecule has 0 saturated heterocycles. The summed E-state index contributed by atoms with van der Waals surface area (Å²) in [6.07, 6.45) is 3.47. The fourth-order valence-electron chi connectivity index (χ4n) is 2.96. The van der Waals surface area contributed by atoms with E-state index in [4.69, 9.17) is 0 Å². The Morgan fingerprint density at radius 1 is 0.852 bits per heavy atom. The van der Waals surface area contributed by atoms with Gasteiger partial charge in [0.25, 0.3) is 0 Å². The number of benzene rings is 2. The van der Waals surface area contributed by atoms with E-state index in [-0.39, 0.29) is 0 Å². The summed E-state index contributed by atoms with van der Waals surface area (Å²) in [5, 5.41) is 4.19. The standard InChI is InChI=1S/C19H15N5O3/c1-13-12-15(8-9-16(13)22-11-5-10-20-22)24-18(26)21-17(25)23(19(24)27)14-6-3-2-4-7-14/h2-12H,1H3,(H,21,25,26). The van der Waals surface area contributed by atoms with E-state index < -0.39 is 17.1 Å². The van der Waals surface area contributed by atoms with Crippen molar-refractivity contribution in [2.45, 2.75) is 6.92 Å². The zero-order chi connectivity index (χ0) is 19.0. The maximum atomic E-state index is 12.9. The Kier molecular flexibility index (Phi) is 3.92. The van der Waals surface area contributed by atoms with E-state index in [1.54, 1.807) is 71.7 Å². The van der Waals surface area contributed by atoms with Gasteiger partial charge in [0.1, 0.15) is 0 Å². The summed E-state index contributed by atoms with van der Waals surface area (Å²) in [4.78, 5) is 39.7. The Bertz CT molecular complexity index is 1280. The van der Waals surface area contributed by atoms with E-state index in [1.807, 2.05) is 6.92 Å². The molecule has 0 aliphatic carbocycles. The normalized spacial score (nSPS) is 10.9. The number of H-pyrrole nitrogens is 1. The van der Waals surface area contributed by atoms with Crippen LogP contribution in [0.4, 0.5) is 0 Å². The average molecular weight is 361 g/mol. The lowest BCUT2D eigenvalue weighted by atomic mass is 10.2. The molecule has 2 aromatic carbocycles. The highest BCUT2D eigenvalue weighted by molar-refractivity contribution is 5.47. The number of aromatic nitrogens is 5. The lowest BCUT2D eigenvalue weighted by Crippen LogP contribution is -2.48. The van der Waals surface area contributed by atoms with Gasteiger partial charge in [-0.15, -0.1) is 0 Å². The second-order valence-electron chi connectivity index (χ2n) is 5.95. The number of nitrogens with one attached hydrogen (secondary N) is 1. The van der Waals surface area contributed by atoms with Crippen molar-refractivity contribution in [2.75, 3.05) is 0 Å². The van der Waals surface area contributed by atoms with Crippen molar-refractivity contribution in [3.05, 3.63) is 104 Å². The van der Waals surface area contributed by atoms with Gasteiger partial charge in [0, 0.05) is 12.4 Å². The minimum absolute atomic E-state index is 0.360. The maximum Gasteiger partial charge on any atom is 0.345 e. The molecular formula is C19H15N5O3. The van der Waals surface area contributed by atoms with Crippen molar-refractivity contribution in [3.8, 4) is 17.1 Å². The topological polar surface area (TPSA) is 94.7 Å². The molecule has 134 valence electrons. The molecule has 0 saturated carbocycles. The highest BCUT2D eigenvalue weighted by atomic mass is 16.2. The van der Waals surface area contributed by atoms with Crippen LogP contribution in [-0.2, 0) is 0 Å². The number of hydrogen-bond acceptors (Lipinski definition) is 4. The van der Waals surface area contributed by atoms with Gasteiger partial charge in [-0.25, -0.2) is 28.2 Å².